The molecule has 0 aromatic carbocycles. The van der Waals surface area contributed by atoms with Gasteiger partial charge in [-0.3, -0.25) is 4.79 Å². The third-order valence-corrected chi connectivity index (χ3v) is 4.15. The lowest BCUT2D eigenvalue weighted by Crippen LogP contribution is -2.37. The molecule has 8 nitrogen and oxygen atoms in total. The van der Waals surface area contributed by atoms with Crippen molar-refractivity contribution in [3.05, 3.63) is 6.07 Å². The van der Waals surface area contributed by atoms with Crippen molar-refractivity contribution in [3.63, 3.8) is 0 Å². The van der Waals surface area contributed by atoms with Gasteiger partial charge >= 0.3 is 0 Å². The lowest BCUT2D eigenvalue weighted by molar-refractivity contribution is -0.127. The molecule has 3 heterocycles. The van der Waals surface area contributed by atoms with Crippen molar-refractivity contribution in [1.29, 1.82) is 0 Å². The van der Waals surface area contributed by atoms with Gasteiger partial charge in [-0.1, -0.05) is 0 Å². The maximum atomic E-state index is 11.6. The average molecular weight is 320 g/mol. The number of rotatable bonds is 6. The second-order valence-electron chi connectivity index (χ2n) is 5.83. The predicted octanol–water partition coefficient (Wildman–Crippen LogP) is 0.320. The van der Waals surface area contributed by atoms with Crippen molar-refractivity contribution in [2.75, 3.05) is 61.9 Å². The normalized spacial score (nSPS) is 18.5. The molecule has 0 spiro atoms. The quantitative estimate of drug-likeness (QED) is 0.729. The van der Waals surface area contributed by atoms with E-state index in [1.165, 1.54) is 0 Å². The van der Waals surface area contributed by atoms with Crippen molar-refractivity contribution in [3.8, 4) is 0 Å². The maximum absolute atomic E-state index is 11.6. The van der Waals surface area contributed by atoms with Crippen molar-refractivity contribution in [2.24, 2.45) is 0 Å². The van der Waals surface area contributed by atoms with Gasteiger partial charge in [-0.25, -0.2) is 0 Å². The Kier molecular flexibility index (Phi) is 5.12. The number of nitrogen functional groups attached to an aromatic ring is 1. The summed E-state index contributed by atoms with van der Waals surface area (Å²) in [6.07, 6.45) is 2.57. The Labute approximate surface area is 136 Å². The summed E-state index contributed by atoms with van der Waals surface area (Å²) in [5, 5.41) is 3.28. The summed E-state index contributed by atoms with van der Waals surface area (Å²) in [7, 11) is 0. The molecule has 0 atom stereocenters. The van der Waals surface area contributed by atoms with Crippen LogP contribution in [0.5, 0.6) is 0 Å². The largest absolute Gasteiger partial charge is 0.378 e. The molecule has 3 rings (SSSR count). The number of amides is 1. The zero-order chi connectivity index (χ0) is 16.1. The molecule has 3 N–H and O–H groups in total. The topological polar surface area (TPSA) is 96.6 Å². The summed E-state index contributed by atoms with van der Waals surface area (Å²) in [4.78, 5) is 24.2. The third-order valence-electron chi connectivity index (χ3n) is 4.15. The Bertz CT molecular complexity index is 547. The fourth-order valence-electron chi connectivity index (χ4n) is 2.92. The molecule has 0 unspecified atom stereocenters. The number of nitrogens with one attached hydrogen (secondary N) is 1. The first-order chi connectivity index (χ1) is 11.2. The molecule has 2 aliphatic heterocycles. The predicted molar refractivity (Wildman–Crippen MR) is 88.4 cm³/mol. The van der Waals surface area contributed by atoms with E-state index in [1.807, 2.05) is 11.0 Å². The van der Waals surface area contributed by atoms with Gasteiger partial charge in [-0.05, 0) is 12.8 Å². The van der Waals surface area contributed by atoms with E-state index >= 15 is 0 Å². The van der Waals surface area contributed by atoms with E-state index in [0.29, 0.717) is 19.6 Å². The number of aromatic nitrogens is 2. The Morgan fingerprint density at radius 2 is 2.09 bits per heavy atom. The number of hydrogen-bond acceptors (Lipinski definition) is 7. The van der Waals surface area contributed by atoms with Gasteiger partial charge < -0.3 is 25.6 Å². The maximum Gasteiger partial charge on any atom is 0.223 e. The molecule has 1 aromatic rings. The van der Waals surface area contributed by atoms with E-state index in [1.54, 1.807) is 0 Å². The number of nitrogens with zero attached hydrogens (tertiary/aromatic N) is 4. The van der Waals surface area contributed by atoms with E-state index in [0.717, 1.165) is 57.2 Å². The molecule has 0 radical (unpaired) electrons. The Morgan fingerprint density at radius 3 is 2.83 bits per heavy atom. The first-order valence-corrected chi connectivity index (χ1v) is 8.21. The van der Waals surface area contributed by atoms with Crippen molar-refractivity contribution in [1.82, 2.24) is 14.9 Å². The monoisotopic (exact) mass is 320 g/mol. The van der Waals surface area contributed by atoms with E-state index in [9.17, 15) is 4.79 Å². The Hall–Kier alpha value is -2.09. The molecule has 0 bridgehead atoms. The molecule has 126 valence electrons. The van der Waals surface area contributed by atoms with E-state index in [-0.39, 0.29) is 11.9 Å². The third kappa shape index (κ3) is 4.22. The highest BCUT2D eigenvalue weighted by molar-refractivity contribution is 5.78. The molecule has 8 heteroatoms. The van der Waals surface area contributed by atoms with Crippen molar-refractivity contribution < 1.29 is 9.53 Å². The molecule has 2 saturated heterocycles. The minimum Gasteiger partial charge on any atom is -0.378 e. The number of ether oxygens (including phenoxy) is 1. The highest BCUT2D eigenvalue weighted by Gasteiger charge is 2.19. The molecule has 2 fully saturated rings. The van der Waals surface area contributed by atoms with Gasteiger partial charge in [0.1, 0.15) is 11.6 Å². The highest BCUT2D eigenvalue weighted by atomic mass is 16.5. The standard InChI is InChI=1S/C15H24N6O2/c16-15-18-12(11-13(19-15)20-7-9-23-10-8-20)17-4-2-6-21-5-1-3-14(21)22/h11H,1-10H2,(H3,16,17,18,19). The Morgan fingerprint density at radius 1 is 1.26 bits per heavy atom. The second kappa shape index (κ2) is 7.45. The molecule has 2 aliphatic rings. The molecule has 23 heavy (non-hydrogen) atoms. The molecule has 0 aliphatic carbocycles. The van der Waals surface area contributed by atoms with Crippen LogP contribution < -0.4 is 16.0 Å². The summed E-state index contributed by atoms with van der Waals surface area (Å²) in [5.74, 6) is 2.10. The average Bonchev–Trinajstić information content (AvgIpc) is 2.97. The number of nitrogens with two attached hydrogens (primary N) is 1. The van der Waals surface area contributed by atoms with Gasteiger partial charge in [0.25, 0.3) is 0 Å². The van der Waals surface area contributed by atoms with E-state index in [4.69, 9.17) is 10.5 Å². The van der Waals surface area contributed by atoms with Gasteiger partial charge in [0.2, 0.25) is 11.9 Å². The van der Waals surface area contributed by atoms with Crippen LogP contribution >= 0.6 is 0 Å². The molecule has 1 aromatic heterocycles. The lowest BCUT2D eigenvalue weighted by atomic mass is 10.3. The number of carbonyl (C=O) groups is 1. The van der Waals surface area contributed by atoms with Gasteiger partial charge in [0, 0.05) is 45.2 Å². The fraction of sp³-hybridized carbons (Fsp3) is 0.667. The SMILES string of the molecule is Nc1nc(NCCCN2CCCC2=O)cc(N2CCOCC2)n1. The number of anilines is 3. The van der Waals surface area contributed by atoms with Gasteiger partial charge in [0.15, 0.2) is 0 Å². The van der Waals surface area contributed by atoms with Crippen LogP contribution in [0.2, 0.25) is 0 Å². The van der Waals surface area contributed by atoms with Crippen molar-refractivity contribution >= 4 is 23.5 Å². The van der Waals surface area contributed by atoms with Gasteiger partial charge in [-0.2, -0.15) is 9.97 Å². The van der Waals surface area contributed by atoms with Gasteiger partial charge in [0.05, 0.1) is 13.2 Å². The van der Waals surface area contributed by atoms with Crippen LogP contribution in [0.4, 0.5) is 17.6 Å². The Balaban J connectivity index is 1.51. The first kappa shape index (κ1) is 15.8. The number of morpholine rings is 1. The van der Waals surface area contributed by atoms with Crippen LogP contribution in [-0.2, 0) is 9.53 Å². The van der Waals surface area contributed by atoms with Crippen LogP contribution in [0.1, 0.15) is 19.3 Å². The number of hydrogen-bond donors (Lipinski definition) is 2. The van der Waals surface area contributed by atoms with E-state index < -0.39 is 0 Å². The minimum absolute atomic E-state index is 0.269. The second-order valence-corrected chi connectivity index (χ2v) is 5.83. The smallest absolute Gasteiger partial charge is 0.223 e. The molecule has 1 amide bonds. The van der Waals surface area contributed by atoms with Crippen LogP contribution in [0.15, 0.2) is 6.07 Å². The molecular weight excluding hydrogens is 296 g/mol. The highest BCUT2D eigenvalue weighted by Crippen LogP contribution is 2.18. The summed E-state index contributed by atoms with van der Waals surface area (Å²) in [5.41, 5.74) is 5.82. The van der Waals surface area contributed by atoms with Crippen molar-refractivity contribution in [2.45, 2.75) is 19.3 Å². The zero-order valence-electron chi connectivity index (χ0n) is 13.3. The lowest BCUT2D eigenvalue weighted by Gasteiger charge is -2.28. The van der Waals surface area contributed by atoms with Crippen LogP contribution in [0.25, 0.3) is 0 Å². The van der Waals surface area contributed by atoms with Crippen LogP contribution in [-0.4, -0.2) is 66.7 Å². The summed E-state index contributed by atoms with van der Waals surface area (Å²) < 4.78 is 5.35. The number of likely N-dealkylation sites (tertiary alicyclic amines) is 1. The fourth-order valence-corrected chi connectivity index (χ4v) is 2.92. The molecular formula is C15H24N6O2. The summed E-state index contributed by atoms with van der Waals surface area (Å²) in [6.45, 7) is 5.47. The molecule has 0 saturated carbocycles. The summed E-state index contributed by atoms with van der Waals surface area (Å²) in [6, 6.07) is 1.92. The van der Waals surface area contributed by atoms with Crippen LogP contribution in [0.3, 0.4) is 0 Å². The van der Waals surface area contributed by atoms with Gasteiger partial charge in [-0.15, -0.1) is 0 Å². The first-order valence-electron chi connectivity index (χ1n) is 8.21. The van der Waals surface area contributed by atoms with E-state index in [2.05, 4.69) is 20.2 Å². The number of carbonyl (C=O) groups excluding carboxylic acids is 1. The minimum atomic E-state index is 0.269. The summed E-state index contributed by atoms with van der Waals surface area (Å²) >= 11 is 0. The van der Waals surface area contributed by atoms with Crippen LogP contribution in [0, 0.1) is 0 Å². The zero-order valence-corrected chi connectivity index (χ0v) is 13.3.